The molecule has 0 aliphatic heterocycles. The number of carboxylic acids is 1. The summed E-state index contributed by atoms with van der Waals surface area (Å²) in [6, 6.07) is 2.92. The summed E-state index contributed by atoms with van der Waals surface area (Å²) < 4.78 is 0. The van der Waals surface area contributed by atoms with Crippen molar-refractivity contribution >= 4 is 52.4 Å². The summed E-state index contributed by atoms with van der Waals surface area (Å²) in [6.45, 7) is 0. The van der Waals surface area contributed by atoms with Crippen LogP contribution in [0, 0.1) is 11.8 Å². The monoisotopic (exact) mass is 347 g/mol. The highest BCUT2D eigenvalue weighted by Gasteiger charge is 2.34. The molecule has 2 atom stereocenters. The fourth-order valence-electron chi connectivity index (χ4n) is 2.25. The lowest BCUT2D eigenvalue weighted by molar-refractivity contribution is -0.146. The van der Waals surface area contributed by atoms with Crippen molar-refractivity contribution in [3.05, 3.63) is 39.4 Å². The Morgan fingerprint density at radius 2 is 1.57 bits per heavy atom. The largest absolute Gasteiger partial charge is 0.481 e. The van der Waals surface area contributed by atoms with E-state index in [1.807, 2.05) is 0 Å². The number of carbonyl (C=O) groups excluding carboxylic acids is 1. The number of hydrogen-bond donors (Lipinski definition) is 2. The van der Waals surface area contributed by atoms with Crippen molar-refractivity contribution in [3.63, 3.8) is 0 Å². The number of amides is 1. The van der Waals surface area contributed by atoms with Crippen LogP contribution < -0.4 is 5.32 Å². The topological polar surface area (TPSA) is 66.4 Å². The van der Waals surface area contributed by atoms with E-state index in [1.165, 1.54) is 12.1 Å². The summed E-state index contributed by atoms with van der Waals surface area (Å²) in [5, 5.41) is 12.6. The van der Waals surface area contributed by atoms with Gasteiger partial charge < -0.3 is 10.4 Å². The SMILES string of the molecule is O=C(O)C1CC=CCC1C(=O)Nc1c(Cl)cc(Cl)cc1Cl. The van der Waals surface area contributed by atoms with Crippen LogP contribution in [0.25, 0.3) is 0 Å². The Morgan fingerprint density at radius 1 is 1.05 bits per heavy atom. The molecule has 21 heavy (non-hydrogen) atoms. The summed E-state index contributed by atoms with van der Waals surface area (Å²) in [6.07, 6.45) is 4.26. The van der Waals surface area contributed by atoms with E-state index in [9.17, 15) is 14.7 Å². The number of halogens is 3. The number of allylic oxidation sites excluding steroid dienone is 2. The van der Waals surface area contributed by atoms with Gasteiger partial charge in [-0.15, -0.1) is 0 Å². The van der Waals surface area contributed by atoms with E-state index in [0.717, 1.165) is 0 Å². The Hall–Kier alpha value is -1.23. The highest BCUT2D eigenvalue weighted by molar-refractivity contribution is 6.42. The molecule has 1 amide bonds. The van der Waals surface area contributed by atoms with Gasteiger partial charge in [-0.3, -0.25) is 9.59 Å². The zero-order chi connectivity index (χ0) is 15.6. The summed E-state index contributed by atoms with van der Waals surface area (Å²) in [5.74, 6) is -2.82. The van der Waals surface area contributed by atoms with Crippen LogP contribution in [0.4, 0.5) is 5.69 Å². The second kappa shape index (κ2) is 6.69. The molecule has 0 heterocycles. The molecule has 0 fully saturated rings. The number of anilines is 1. The maximum Gasteiger partial charge on any atom is 0.307 e. The molecule has 112 valence electrons. The molecule has 0 radical (unpaired) electrons. The average molecular weight is 349 g/mol. The van der Waals surface area contributed by atoms with Crippen molar-refractivity contribution in [1.29, 1.82) is 0 Å². The summed E-state index contributed by atoms with van der Waals surface area (Å²) in [7, 11) is 0. The molecule has 2 N–H and O–H groups in total. The number of rotatable bonds is 3. The molecule has 4 nitrogen and oxygen atoms in total. The molecule has 2 rings (SSSR count). The van der Waals surface area contributed by atoms with E-state index in [2.05, 4.69) is 5.32 Å². The minimum Gasteiger partial charge on any atom is -0.481 e. The van der Waals surface area contributed by atoms with E-state index in [0.29, 0.717) is 17.9 Å². The minimum absolute atomic E-state index is 0.207. The summed E-state index contributed by atoms with van der Waals surface area (Å²) in [5.41, 5.74) is 0.242. The lowest BCUT2D eigenvalue weighted by atomic mass is 9.82. The zero-order valence-electron chi connectivity index (χ0n) is 10.8. The molecular weight excluding hydrogens is 337 g/mol. The van der Waals surface area contributed by atoms with Crippen LogP contribution in [-0.4, -0.2) is 17.0 Å². The van der Waals surface area contributed by atoms with Crippen molar-refractivity contribution in [2.75, 3.05) is 5.32 Å². The second-order valence-electron chi connectivity index (χ2n) is 4.73. The van der Waals surface area contributed by atoms with Gasteiger partial charge >= 0.3 is 5.97 Å². The maximum atomic E-state index is 12.3. The molecule has 0 bridgehead atoms. The molecule has 0 saturated heterocycles. The third-order valence-electron chi connectivity index (χ3n) is 3.34. The van der Waals surface area contributed by atoms with Gasteiger partial charge in [-0.25, -0.2) is 0 Å². The molecular formula is C14H12Cl3NO3. The van der Waals surface area contributed by atoms with Gasteiger partial charge in [0, 0.05) is 5.02 Å². The molecule has 0 aromatic heterocycles. The van der Waals surface area contributed by atoms with Gasteiger partial charge in [0.05, 0.1) is 27.6 Å². The fraction of sp³-hybridized carbons (Fsp3) is 0.286. The highest BCUT2D eigenvalue weighted by atomic mass is 35.5. The summed E-state index contributed by atoms with van der Waals surface area (Å²) in [4.78, 5) is 23.5. The van der Waals surface area contributed by atoms with E-state index in [1.54, 1.807) is 12.2 Å². The molecule has 1 aromatic carbocycles. The Labute approximate surface area is 136 Å². The van der Waals surface area contributed by atoms with Crippen LogP contribution in [0.1, 0.15) is 12.8 Å². The smallest absolute Gasteiger partial charge is 0.307 e. The predicted molar refractivity (Wildman–Crippen MR) is 83.1 cm³/mol. The fourth-order valence-corrected chi connectivity index (χ4v) is 3.17. The van der Waals surface area contributed by atoms with Crippen LogP contribution in [0.5, 0.6) is 0 Å². The van der Waals surface area contributed by atoms with Crippen LogP contribution in [0.15, 0.2) is 24.3 Å². The van der Waals surface area contributed by atoms with Crippen molar-refractivity contribution in [3.8, 4) is 0 Å². The normalized spacial score (nSPS) is 21.1. The first kappa shape index (κ1) is 16.1. The lowest BCUT2D eigenvalue weighted by Gasteiger charge is -2.24. The standard InChI is InChI=1S/C14H12Cl3NO3/c15-7-5-10(16)12(11(17)6-7)18-13(19)8-3-1-2-4-9(8)14(20)21/h1-2,5-6,8-9H,3-4H2,(H,18,19)(H,20,21). The maximum absolute atomic E-state index is 12.3. The first-order valence-electron chi connectivity index (χ1n) is 6.23. The molecule has 1 aromatic rings. The van der Waals surface area contributed by atoms with Gasteiger partial charge in [0.15, 0.2) is 0 Å². The van der Waals surface area contributed by atoms with E-state index in [-0.39, 0.29) is 15.7 Å². The van der Waals surface area contributed by atoms with Crippen molar-refractivity contribution in [2.45, 2.75) is 12.8 Å². The summed E-state index contributed by atoms with van der Waals surface area (Å²) >= 11 is 17.8. The van der Waals surface area contributed by atoms with Gasteiger partial charge in [-0.05, 0) is 25.0 Å². The Bertz CT molecular complexity index is 592. The Kier molecular flexibility index (Phi) is 5.14. The molecule has 1 aliphatic carbocycles. The van der Waals surface area contributed by atoms with Gasteiger partial charge in [-0.2, -0.15) is 0 Å². The van der Waals surface area contributed by atoms with Crippen LogP contribution in [-0.2, 0) is 9.59 Å². The van der Waals surface area contributed by atoms with E-state index < -0.39 is 23.7 Å². The lowest BCUT2D eigenvalue weighted by Crippen LogP contribution is -2.34. The minimum atomic E-state index is -0.993. The predicted octanol–water partition coefficient (Wildman–Crippen LogP) is 4.25. The molecule has 0 spiro atoms. The third-order valence-corrected chi connectivity index (χ3v) is 4.16. The number of hydrogen-bond acceptors (Lipinski definition) is 2. The van der Waals surface area contributed by atoms with Gasteiger partial charge in [0.25, 0.3) is 0 Å². The van der Waals surface area contributed by atoms with Gasteiger partial charge in [-0.1, -0.05) is 47.0 Å². The van der Waals surface area contributed by atoms with E-state index >= 15 is 0 Å². The van der Waals surface area contributed by atoms with Crippen LogP contribution in [0.3, 0.4) is 0 Å². The van der Waals surface area contributed by atoms with E-state index in [4.69, 9.17) is 34.8 Å². The van der Waals surface area contributed by atoms with Crippen molar-refractivity contribution in [1.82, 2.24) is 0 Å². The van der Waals surface area contributed by atoms with Gasteiger partial charge in [0.1, 0.15) is 0 Å². The first-order valence-corrected chi connectivity index (χ1v) is 7.36. The number of benzene rings is 1. The van der Waals surface area contributed by atoms with Crippen molar-refractivity contribution < 1.29 is 14.7 Å². The Balaban J connectivity index is 2.21. The number of carboxylic acid groups (broad SMARTS) is 1. The molecule has 1 aliphatic rings. The first-order chi connectivity index (χ1) is 9.90. The van der Waals surface area contributed by atoms with Crippen LogP contribution in [0.2, 0.25) is 15.1 Å². The quantitative estimate of drug-likeness (QED) is 0.802. The molecule has 7 heteroatoms. The second-order valence-corrected chi connectivity index (χ2v) is 5.98. The Morgan fingerprint density at radius 3 is 2.10 bits per heavy atom. The zero-order valence-corrected chi connectivity index (χ0v) is 13.0. The number of nitrogens with one attached hydrogen (secondary N) is 1. The molecule has 2 unspecified atom stereocenters. The number of aliphatic carboxylic acids is 1. The number of carbonyl (C=O) groups is 2. The van der Waals surface area contributed by atoms with Crippen molar-refractivity contribution in [2.24, 2.45) is 11.8 Å². The molecule has 0 saturated carbocycles. The average Bonchev–Trinajstić information content (AvgIpc) is 2.42. The van der Waals surface area contributed by atoms with Crippen LogP contribution >= 0.6 is 34.8 Å². The third kappa shape index (κ3) is 3.70. The van der Waals surface area contributed by atoms with Gasteiger partial charge in [0.2, 0.25) is 5.91 Å². The highest BCUT2D eigenvalue weighted by Crippen LogP contribution is 2.35.